The van der Waals surface area contributed by atoms with E-state index in [0.29, 0.717) is 12.5 Å². The third kappa shape index (κ3) is 2.50. The van der Waals surface area contributed by atoms with Gasteiger partial charge in [-0.3, -0.25) is 0 Å². The SMILES string of the molecule is Cc1ccc(-n2nnnc2NCc2ccnc3ccnn23)cc1. The summed E-state index contributed by atoms with van der Waals surface area (Å²) in [5.41, 5.74) is 3.87. The lowest BCUT2D eigenvalue weighted by Gasteiger charge is -2.08. The molecule has 23 heavy (non-hydrogen) atoms. The topological polar surface area (TPSA) is 85.8 Å². The average Bonchev–Trinajstić information content (AvgIpc) is 3.23. The number of aromatic nitrogens is 7. The first-order valence-electron chi connectivity index (χ1n) is 7.18. The summed E-state index contributed by atoms with van der Waals surface area (Å²) >= 11 is 0. The Hall–Kier alpha value is -3.29. The number of fused-ring (bicyclic) bond motifs is 1. The fourth-order valence-electron chi connectivity index (χ4n) is 2.35. The van der Waals surface area contributed by atoms with E-state index in [9.17, 15) is 0 Å². The van der Waals surface area contributed by atoms with Gasteiger partial charge in [0.2, 0.25) is 5.95 Å². The van der Waals surface area contributed by atoms with Crippen LogP contribution >= 0.6 is 0 Å². The molecule has 0 amide bonds. The minimum absolute atomic E-state index is 0.535. The molecule has 0 saturated heterocycles. The van der Waals surface area contributed by atoms with Gasteiger partial charge in [-0.05, 0) is 35.5 Å². The molecule has 114 valence electrons. The molecule has 0 aliphatic carbocycles. The van der Waals surface area contributed by atoms with Crippen LogP contribution in [0.2, 0.25) is 0 Å². The molecule has 0 spiro atoms. The predicted molar refractivity (Wildman–Crippen MR) is 84.2 cm³/mol. The van der Waals surface area contributed by atoms with Crippen LogP contribution in [0.5, 0.6) is 0 Å². The fourth-order valence-corrected chi connectivity index (χ4v) is 2.35. The first-order valence-corrected chi connectivity index (χ1v) is 7.18. The van der Waals surface area contributed by atoms with Gasteiger partial charge < -0.3 is 5.32 Å². The highest BCUT2D eigenvalue weighted by Crippen LogP contribution is 2.13. The van der Waals surface area contributed by atoms with Crippen LogP contribution in [0.25, 0.3) is 11.3 Å². The van der Waals surface area contributed by atoms with Gasteiger partial charge >= 0.3 is 0 Å². The van der Waals surface area contributed by atoms with E-state index < -0.39 is 0 Å². The number of hydrogen-bond donors (Lipinski definition) is 1. The van der Waals surface area contributed by atoms with Crippen LogP contribution in [0.1, 0.15) is 11.3 Å². The Morgan fingerprint density at radius 1 is 1.04 bits per heavy atom. The first kappa shape index (κ1) is 13.4. The molecule has 8 heteroatoms. The Kier molecular flexibility index (Phi) is 3.19. The number of aryl methyl sites for hydroxylation is 1. The number of nitrogens with one attached hydrogen (secondary N) is 1. The molecule has 0 aliphatic heterocycles. The van der Waals surface area contributed by atoms with Crippen LogP contribution in [0.4, 0.5) is 5.95 Å². The largest absolute Gasteiger partial charge is 0.347 e. The van der Waals surface area contributed by atoms with Gasteiger partial charge in [0.25, 0.3) is 0 Å². The molecule has 8 nitrogen and oxygen atoms in total. The molecule has 0 atom stereocenters. The van der Waals surface area contributed by atoms with E-state index in [2.05, 4.69) is 30.9 Å². The summed E-state index contributed by atoms with van der Waals surface area (Å²) in [6.07, 6.45) is 3.49. The van der Waals surface area contributed by atoms with E-state index in [4.69, 9.17) is 0 Å². The maximum Gasteiger partial charge on any atom is 0.248 e. The third-order valence-corrected chi connectivity index (χ3v) is 3.54. The van der Waals surface area contributed by atoms with Gasteiger partial charge in [0.1, 0.15) is 0 Å². The van der Waals surface area contributed by atoms with Crippen molar-refractivity contribution in [1.29, 1.82) is 0 Å². The zero-order chi connectivity index (χ0) is 15.6. The molecule has 0 fully saturated rings. The number of anilines is 1. The van der Waals surface area contributed by atoms with Gasteiger partial charge in [-0.15, -0.1) is 0 Å². The molecule has 0 saturated carbocycles. The zero-order valence-electron chi connectivity index (χ0n) is 12.5. The lowest BCUT2D eigenvalue weighted by atomic mass is 10.2. The summed E-state index contributed by atoms with van der Waals surface area (Å²) in [6.45, 7) is 2.58. The quantitative estimate of drug-likeness (QED) is 0.616. The Labute approximate surface area is 131 Å². The Balaban J connectivity index is 1.60. The van der Waals surface area contributed by atoms with Crippen LogP contribution in [-0.4, -0.2) is 34.8 Å². The average molecular weight is 306 g/mol. The summed E-state index contributed by atoms with van der Waals surface area (Å²) in [5, 5.41) is 19.3. The van der Waals surface area contributed by atoms with E-state index in [1.54, 1.807) is 21.6 Å². The maximum absolute atomic E-state index is 4.26. The highest BCUT2D eigenvalue weighted by molar-refractivity contribution is 5.41. The van der Waals surface area contributed by atoms with Crippen molar-refractivity contribution in [3.05, 3.63) is 60.0 Å². The van der Waals surface area contributed by atoms with Crippen molar-refractivity contribution in [3.63, 3.8) is 0 Å². The minimum Gasteiger partial charge on any atom is -0.347 e. The van der Waals surface area contributed by atoms with Crippen molar-refractivity contribution in [3.8, 4) is 5.69 Å². The molecule has 1 N–H and O–H groups in total. The van der Waals surface area contributed by atoms with Gasteiger partial charge in [-0.25, -0.2) is 9.50 Å². The Bertz CT molecular complexity index is 937. The van der Waals surface area contributed by atoms with Gasteiger partial charge in [-0.2, -0.15) is 9.78 Å². The minimum atomic E-state index is 0.535. The van der Waals surface area contributed by atoms with Crippen LogP contribution in [-0.2, 0) is 6.54 Å². The third-order valence-electron chi connectivity index (χ3n) is 3.54. The van der Waals surface area contributed by atoms with Crippen LogP contribution < -0.4 is 5.32 Å². The monoisotopic (exact) mass is 306 g/mol. The van der Waals surface area contributed by atoms with Crippen molar-refractivity contribution >= 4 is 11.6 Å². The number of rotatable bonds is 4. The lowest BCUT2D eigenvalue weighted by Crippen LogP contribution is -2.10. The summed E-state index contributed by atoms with van der Waals surface area (Å²) in [6, 6.07) is 11.8. The summed E-state index contributed by atoms with van der Waals surface area (Å²) in [5.74, 6) is 0.575. The summed E-state index contributed by atoms with van der Waals surface area (Å²) in [7, 11) is 0. The van der Waals surface area contributed by atoms with Gasteiger partial charge in [0.05, 0.1) is 24.1 Å². The van der Waals surface area contributed by atoms with Crippen molar-refractivity contribution in [1.82, 2.24) is 34.8 Å². The molecule has 4 aromatic rings. The lowest BCUT2D eigenvalue weighted by molar-refractivity contribution is 0.786. The molecule has 3 heterocycles. The van der Waals surface area contributed by atoms with Crippen molar-refractivity contribution in [2.45, 2.75) is 13.5 Å². The molecule has 4 rings (SSSR count). The molecule has 0 radical (unpaired) electrons. The van der Waals surface area contributed by atoms with Crippen molar-refractivity contribution < 1.29 is 0 Å². The van der Waals surface area contributed by atoms with E-state index in [0.717, 1.165) is 17.0 Å². The molecule has 3 aromatic heterocycles. The first-order chi connectivity index (χ1) is 11.3. The van der Waals surface area contributed by atoms with Crippen LogP contribution in [0.15, 0.2) is 48.8 Å². The normalized spacial score (nSPS) is 11.0. The van der Waals surface area contributed by atoms with Crippen molar-refractivity contribution in [2.24, 2.45) is 0 Å². The highest BCUT2D eigenvalue weighted by atomic mass is 15.6. The molecule has 0 aliphatic rings. The molecule has 0 unspecified atom stereocenters. The molecule has 0 bridgehead atoms. The number of benzene rings is 1. The molecular formula is C15H14N8. The standard InChI is InChI=1S/C15H14N8/c1-11-2-4-12(5-3-11)23-15(19-20-21-23)17-10-13-6-8-16-14-7-9-18-22(13)14/h2-9H,10H2,1H3,(H,17,19,21). The van der Waals surface area contributed by atoms with E-state index in [1.807, 2.05) is 43.3 Å². The van der Waals surface area contributed by atoms with Gasteiger partial charge in [0, 0.05) is 12.3 Å². The predicted octanol–water partition coefficient (Wildman–Crippen LogP) is 1.63. The second kappa shape index (κ2) is 5.48. The van der Waals surface area contributed by atoms with Crippen LogP contribution in [0.3, 0.4) is 0 Å². The number of tetrazole rings is 1. The summed E-state index contributed by atoms with van der Waals surface area (Å²) in [4.78, 5) is 4.25. The Morgan fingerprint density at radius 3 is 2.78 bits per heavy atom. The second-order valence-electron chi connectivity index (χ2n) is 5.14. The second-order valence-corrected chi connectivity index (χ2v) is 5.14. The maximum atomic E-state index is 4.26. The molecule has 1 aromatic carbocycles. The van der Waals surface area contributed by atoms with Gasteiger partial charge in [0.15, 0.2) is 5.65 Å². The van der Waals surface area contributed by atoms with E-state index >= 15 is 0 Å². The smallest absolute Gasteiger partial charge is 0.248 e. The number of hydrogen-bond acceptors (Lipinski definition) is 6. The van der Waals surface area contributed by atoms with Crippen molar-refractivity contribution in [2.75, 3.05) is 5.32 Å². The van der Waals surface area contributed by atoms with Crippen LogP contribution in [0, 0.1) is 6.92 Å². The Morgan fingerprint density at radius 2 is 1.91 bits per heavy atom. The fraction of sp³-hybridized carbons (Fsp3) is 0.133. The van der Waals surface area contributed by atoms with E-state index in [-0.39, 0.29) is 0 Å². The molecular weight excluding hydrogens is 292 g/mol. The number of nitrogens with zero attached hydrogens (tertiary/aromatic N) is 7. The van der Waals surface area contributed by atoms with E-state index in [1.165, 1.54) is 5.56 Å². The zero-order valence-corrected chi connectivity index (χ0v) is 12.5. The van der Waals surface area contributed by atoms with Gasteiger partial charge in [-0.1, -0.05) is 22.8 Å². The highest BCUT2D eigenvalue weighted by Gasteiger charge is 2.09. The summed E-state index contributed by atoms with van der Waals surface area (Å²) < 4.78 is 3.45.